The molecule has 6 heteroatoms. The smallest absolute Gasteiger partial charge is 0.307 e. The zero-order valence-electron chi connectivity index (χ0n) is 10.9. The summed E-state index contributed by atoms with van der Waals surface area (Å²) in [6, 6.07) is 10.5. The summed E-state index contributed by atoms with van der Waals surface area (Å²) in [4.78, 5) is 22.7. The van der Waals surface area contributed by atoms with Gasteiger partial charge in [0.15, 0.2) is 11.5 Å². The van der Waals surface area contributed by atoms with Gasteiger partial charge in [0.2, 0.25) is 0 Å². The summed E-state index contributed by atoms with van der Waals surface area (Å²) in [5.74, 6) is -2.46. The molecular weight excluding hydrogens is 274 g/mol. The molecule has 4 N–H and O–H groups in total. The maximum atomic E-state index is 12.0. The fourth-order valence-corrected chi connectivity index (χ4v) is 1.85. The van der Waals surface area contributed by atoms with Crippen LogP contribution in [0.5, 0.6) is 11.5 Å². The van der Waals surface area contributed by atoms with Crippen LogP contribution in [0, 0.1) is 0 Å². The summed E-state index contributed by atoms with van der Waals surface area (Å²) in [6.07, 6.45) is -0.152. The molecule has 2 rings (SSSR count). The Morgan fingerprint density at radius 2 is 1.76 bits per heavy atom. The summed E-state index contributed by atoms with van der Waals surface area (Å²) >= 11 is 0. The summed E-state index contributed by atoms with van der Waals surface area (Å²) in [5.41, 5.74) is 0.876. The second kappa shape index (κ2) is 5.96. The van der Waals surface area contributed by atoms with Crippen molar-refractivity contribution in [3.8, 4) is 11.5 Å². The first kappa shape index (κ1) is 14.4. The molecule has 0 fully saturated rings. The first-order chi connectivity index (χ1) is 9.97. The van der Waals surface area contributed by atoms with E-state index >= 15 is 0 Å². The van der Waals surface area contributed by atoms with E-state index in [0.29, 0.717) is 11.3 Å². The SMILES string of the molecule is O=C(O)Cc1cccc(NC(=O)c2cccc(O)c2O)c1. The van der Waals surface area contributed by atoms with Gasteiger partial charge in [-0.05, 0) is 29.8 Å². The van der Waals surface area contributed by atoms with Gasteiger partial charge in [-0.15, -0.1) is 0 Å². The number of carbonyl (C=O) groups is 2. The average molecular weight is 287 g/mol. The molecule has 0 aliphatic carbocycles. The fourth-order valence-electron chi connectivity index (χ4n) is 1.85. The second-order valence-corrected chi connectivity index (χ2v) is 4.40. The Labute approximate surface area is 120 Å². The van der Waals surface area contributed by atoms with Crippen molar-refractivity contribution in [3.63, 3.8) is 0 Å². The predicted octanol–water partition coefficient (Wildman–Crippen LogP) is 1.98. The van der Waals surface area contributed by atoms with E-state index < -0.39 is 17.6 Å². The standard InChI is InChI=1S/C15H13NO5/c17-12-6-2-5-11(14(12)20)15(21)16-10-4-1-3-9(7-10)8-13(18)19/h1-7,17,20H,8H2,(H,16,21)(H,18,19). The monoisotopic (exact) mass is 287 g/mol. The van der Waals surface area contributed by atoms with Crippen LogP contribution in [0.1, 0.15) is 15.9 Å². The zero-order chi connectivity index (χ0) is 15.4. The van der Waals surface area contributed by atoms with Gasteiger partial charge in [-0.2, -0.15) is 0 Å². The number of phenolic OH excluding ortho intramolecular Hbond substituents is 2. The number of aromatic hydroxyl groups is 2. The van der Waals surface area contributed by atoms with Crippen LogP contribution in [-0.4, -0.2) is 27.2 Å². The van der Waals surface area contributed by atoms with Gasteiger partial charge in [0, 0.05) is 5.69 Å². The quantitative estimate of drug-likeness (QED) is 0.643. The molecule has 0 aliphatic heterocycles. The fraction of sp³-hybridized carbons (Fsp3) is 0.0667. The topological polar surface area (TPSA) is 107 Å². The Hall–Kier alpha value is -3.02. The molecular formula is C15H13NO5. The molecule has 108 valence electrons. The van der Waals surface area contributed by atoms with Crippen molar-refractivity contribution in [2.45, 2.75) is 6.42 Å². The lowest BCUT2D eigenvalue weighted by molar-refractivity contribution is -0.136. The maximum absolute atomic E-state index is 12.0. The Bertz CT molecular complexity index is 696. The largest absolute Gasteiger partial charge is 0.504 e. The zero-order valence-corrected chi connectivity index (χ0v) is 10.9. The number of benzene rings is 2. The van der Waals surface area contributed by atoms with Gasteiger partial charge in [0.1, 0.15) is 0 Å². The Morgan fingerprint density at radius 3 is 2.48 bits per heavy atom. The van der Waals surface area contributed by atoms with Gasteiger partial charge in [0.25, 0.3) is 5.91 Å². The molecule has 21 heavy (non-hydrogen) atoms. The van der Waals surface area contributed by atoms with E-state index in [1.54, 1.807) is 18.2 Å². The van der Waals surface area contributed by atoms with E-state index in [2.05, 4.69) is 5.32 Å². The van der Waals surface area contributed by atoms with Crippen LogP contribution in [0.15, 0.2) is 42.5 Å². The highest BCUT2D eigenvalue weighted by atomic mass is 16.4. The third-order valence-corrected chi connectivity index (χ3v) is 2.80. The van der Waals surface area contributed by atoms with Crippen molar-refractivity contribution >= 4 is 17.6 Å². The van der Waals surface area contributed by atoms with Crippen molar-refractivity contribution < 1.29 is 24.9 Å². The van der Waals surface area contributed by atoms with E-state index in [9.17, 15) is 19.8 Å². The molecule has 0 aliphatic rings. The summed E-state index contributed by atoms with van der Waals surface area (Å²) in [5, 5.41) is 30.3. The number of rotatable bonds is 4. The average Bonchev–Trinajstić information content (AvgIpc) is 2.41. The van der Waals surface area contributed by atoms with E-state index in [1.165, 1.54) is 24.3 Å². The van der Waals surface area contributed by atoms with E-state index in [1.807, 2.05) is 0 Å². The van der Waals surface area contributed by atoms with E-state index in [-0.39, 0.29) is 17.7 Å². The molecule has 2 aromatic rings. The van der Waals surface area contributed by atoms with Crippen molar-refractivity contribution in [3.05, 3.63) is 53.6 Å². The molecule has 0 atom stereocenters. The Balaban J connectivity index is 2.20. The van der Waals surface area contributed by atoms with Crippen LogP contribution in [0.4, 0.5) is 5.69 Å². The molecule has 0 unspecified atom stereocenters. The Kier molecular flexibility index (Phi) is 4.08. The minimum atomic E-state index is -0.968. The van der Waals surface area contributed by atoms with Crippen LogP contribution in [0.25, 0.3) is 0 Å². The van der Waals surface area contributed by atoms with Gasteiger partial charge in [0.05, 0.1) is 12.0 Å². The lowest BCUT2D eigenvalue weighted by atomic mass is 10.1. The third kappa shape index (κ3) is 3.50. The first-order valence-electron chi connectivity index (χ1n) is 6.10. The molecule has 0 aromatic heterocycles. The van der Waals surface area contributed by atoms with Crippen molar-refractivity contribution in [1.29, 1.82) is 0 Å². The number of aliphatic carboxylic acids is 1. The van der Waals surface area contributed by atoms with Crippen molar-refractivity contribution in [2.24, 2.45) is 0 Å². The predicted molar refractivity (Wildman–Crippen MR) is 75.5 cm³/mol. The number of carbonyl (C=O) groups excluding carboxylic acids is 1. The second-order valence-electron chi connectivity index (χ2n) is 4.40. The molecule has 0 spiro atoms. The summed E-state index contributed by atoms with van der Waals surface area (Å²) in [6.45, 7) is 0. The maximum Gasteiger partial charge on any atom is 0.307 e. The highest BCUT2D eigenvalue weighted by Crippen LogP contribution is 2.28. The van der Waals surface area contributed by atoms with Crippen LogP contribution >= 0.6 is 0 Å². The van der Waals surface area contributed by atoms with Gasteiger partial charge in [-0.25, -0.2) is 0 Å². The van der Waals surface area contributed by atoms with Crippen molar-refractivity contribution in [1.82, 2.24) is 0 Å². The molecule has 0 saturated heterocycles. The van der Waals surface area contributed by atoms with Crippen LogP contribution in [-0.2, 0) is 11.2 Å². The third-order valence-electron chi connectivity index (χ3n) is 2.80. The lowest BCUT2D eigenvalue weighted by Gasteiger charge is -2.08. The number of carboxylic acid groups (broad SMARTS) is 1. The number of phenols is 2. The number of carboxylic acids is 1. The van der Waals surface area contributed by atoms with Gasteiger partial charge < -0.3 is 20.6 Å². The molecule has 0 saturated carbocycles. The Morgan fingerprint density at radius 1 is 1.05 bits per heavy atom. The van der Waals surface area contributed by atoms with Crippen LogP contribution in [0.3, 0.4) is 0 Å². The summed E-state index contributed by atoms with van der Waals surface area (Å²) < 4.78 is 0. The van der Waals surface area contributed by atoms with Crippen molar-refractivity contribution in [2.75, 3.05) is 5.32 Å². The molecule has 2 aromatic carbocycles. The number of hydrogen-bond donors (Lipinski definition) is 4. The lowest BCUT2D eigenvalue weighted by Crippen LogP contribution is -2.12. The highest BCUT2D eigenvalue weighted by molar-refractivity contribution is 6.06. The van der Waals surface area contributed by atoms with Gasteiger partial charge in [-0.3, -0.25) is 9.59 Å². The van der Waals surface area contributed by atoms with E-state index in [4.69, 9.17) is 5.11 Å². The van der Waals surface area contributed by atoms with Gasteiger partial charge >= 0.3 is 5.97 Å². The molecule has 6 nitrogen and oxygen atoms in total. The minimum absolute atomic E-state index is 0.0707. The summed E-state index contributed by atoms with van der Waals surface area (Å²) in [7, 11) is 0. The number of anilines is 1. The number of para-hydroxylation sites is 1. The number of nitrogens with one attached hydrogen (secondary N) is 1. The molecule has 0 heterocycles. The normalized spacial score (nSPS) is 10.1. The van der Waals surface area contributed by atoms with E-state index in [0.717, 1.165) is 0 Å². The molecule has 0 radical (unpaired) electrons. The minimum Gasteiger partial charge on any atom is -0.504 e. The first-order valence-corrected chi connectivity index (χ1v) is 6.10. The van der Waals surface area contributed by atoms with Crippen LogP contribution in [0.2, 0.25) is 0 Å². The van der Waals surface area contributed by atoms with Crippen LogP contribution < -0.4 is 5.32 Å². The highest BCUT2D eigenvalue weighted by Gasteiger charge is 2.14. The molecule has 0 bridgehead atoms. The number of amides is 1. The number of hydrogen-bond acceptors (Lipinski definition) is 4. The van der Waals surface area contributed by atoms with Gasteiger partial charge in [-0.1, -0.05) is 18.2 Å². The molecule has 1 amide bonds.